The van der Waals surface area contributed by atoms with Crippen LogP contribution in [0.3, 0.4) is 0 Å². The van der Waals surface area contributed by atoms with Crippen LogP contribution in [0.25, 0.3) is 0 Å². The van der Waals surface area contributed by atoms with Crippen LogP contribution in [-0.4, -0.2) is 0 Å². The van der Waals surface area contributed by atoms with E-state index in [-0.39, 0.29) is 0 Å². The molecule has 0 fully saturated rings. The monoisotopic (exact) mass is 182 g/mol. The maximum absolute atomic E-state index is 2.38. The molecular formula is C13H26. The van der Waals surface area contributed by atoms with E-state index >= 15 is 0 Å². The average Bonchev–Trinajstić information content (AvgIpc) is 2.15. The second kappa shape index (κ2) is 7.17. The van der Waals surface area contributed by atoms with Crippen LogP contribution in [-0.2, 0) is 0 Å². The van der Waals surface area contributed by atoms with Gasteiger partial charge in [0.2, 0.25) is 0 Å². The molecule has 0 radical (unpaired) electrons. The summed E-state index contributed by atoms with van der Waals surface area (Å²) in [4.78, 5) is 0. The third kappa shape index (κ3) is 4.50. The lowest BCUT2D eigenvalue weighted by molar-refractivity contribution is 0.484. The van der Waals surface area contributed by atoms with E-state index in [0.29, 0.717) is 0 Å². The Bertz CT molecular complexity index is 153. The smallest absolute Gasteiger partial charge is 0.0292 e. The van der Waals surface area contributed by atoms with Crippen LogP contribution >= 0.6 is 0 Å². The zero-order valence-corrected chi connectivity index (χ0v) is 10.1. The maximum atomic E-state index is 2.38. The summed E-state index contributed by atoms with van der Waals surface area (Å²) >= 11 is 0. The summed E-state index contributed by atoms with van der Waals surface area (Å²) in [7, 11) is 0. The molecule has 0 amide bonds. The van der Waals surface area contributed by atoms with Crippen molar-refractivity contribution >= 4 is 0 Å². The summed E-state index contributed by atoms with van der Waals surface area (Å²) in [6.07, 6.45) is 6.81. The Labute approximate surface area is 84.4 Å². The van der Waals surface area contributed by atoms with Gasteiger partial charge in [-0.3, -0.25) is 0 Å². The maximum Gasteiger partial charge on any atom is -0.0292 e. The highest BCUT2D eigenvalue weighted by atomic mass is 14.2. The van der Waals surface area contributed by atoms with Gasteiger partial charge in [-0.2, -0.15) is 0 Å². The first-order valence-electron chi connectivity index (χ1n) is 5.91. The molecule has 0 spiro atoms. The predicted octanol–water partition coefficient (Wildman–Crippen LogP) is 4.95. The number of rotatable bonds is 2. The molecular weight excluding hydrogens is 156 g/mol. The molecule has 1 atom stereocenters. The molecule has 1 aliphatic carbocycles. The number of hydrogen-bond acceptors (Lipinski definition) is 0. The Hall–Kier alpha value is -0.260. The van der Waals surface area contributed by atoms with E-state index in [1.54, 1.807) is 11.1 Å². The molecule has 0 aromatic rings. The van der Waals surface area contributed by atoms with Crippen LogP contribution in [0, 0.1) is 5.92 Å². The van der Waals surface area contributed by atoms with Gasteiger partial charge in [0.25, 0.3) is 0 Å². The summed E-state index contributed by atoms with van der Waals surface area (Å²) in [6, 6.07) is 0. The molecule has 0 nitrogen and oxygen atoms in total. The molecule has 1 rings (SSSR count). The molecule has 78 valence electrons. The minimum Gasteiger partial charge on any atom is -0.0741 e. The Kier molecular flexibility index (Phi) is 7.03. The lowest BCUT2D eigenvalue weighted by atomic mass is 9.84. The van der Waals surface area contributed by atoms with Gasteiger partial charge >= 0.3 is 0 Å². The summed E-state index contributed by atoms with van der Waals surface area (Å²) in [5.74, 6) is 0.945. The van der Waals surface area contributed by atoms with Gasteiger partial charge in [-0.1, -0.05) is 45.3 Å². The fourth-order valence-electron chi connectivity index (χ4n) is 1.95. The fraction of sp³-hybridized carbons (Fsp3) is 0.846. The van der Waals surface area contributed by atoms with Crippen molar-refractivity contribution in [2.24, 2.45) is 5.92 Å². The molecule has 1 unspecified atom stereocenters. The van der Waals surface area contributed by atoms with Crippen molar-refractivity contribution in [1.82, 2.24) is 0 Å². The van der Waals surface area contributed by atoms with Crippen LogP contribution in [0.2, 0.25) is 0 Å². The molecule has 0 aromatic heterocycles. The third-order valence-corrected chi connectivity index (χ3v) is 2.76. The molecule has 0 saturated carbocycles. The van der Waals surface area contributed by atoms with Gasteiger partial charge in [-0.15, -0.1) is 0 Å². The van der Waals surface area contributed by atoms with Gasteiger partial charge in [0.1, 0.15) is 0 Å². The molecule has 0 N–H and O–H groups in total. The summed E-state index contributed by atoms with van der Waals surface area (Å²) in [6.45, 7) is 11.0. The van der Waals surface area contributed by atoms with Gasteiger partial charge in [0.15, 0.2) is 0 Å². The van der Waals surface area contributed by atoms with Gasteiger partial charge in [-0.25, -0.2) is 0 Å². The molecule has 0 heteroatoms. The van der Waals surface area contributed by atoms with Crippen LogP contribution in [0.15, 0.2) is 11.1 Å². The fourth-order valence-corrected chi connectivity index (χ4v) is 1.95. The minimum absolute atomic E-state index is 0.945. The number of allylic oxidation sites excluding steroid dienone is 2. The van der Waals surface area contributed by atoms with Gasteiger partial charge in [0.05, 0.1) is 0 Å². The SMILES string of the molecule is CC.CCCC1=C(C)CCC(C)C1. The van der Waals surface area contributed by atoms with Crippen molar-refractivity contribution in [3.8, 4) is 0 Å². The zero-order chi connectivity index (χ0) is 10.3. The van der Waals surface area contributed by atoms with Crippen LogP contribution in [0.1, 0.15) is 66.7 Å². The topological polar surface area (TPSA) is 0 Å². The van der Waals surface area contributed by atoms with E-state index in [2.05, 4.69) is 20.8 Å². The molecule has 0 bridgehead atoms. The first-order chi connectivity index (χ1) is 6.24. The van der Waals surface area contributed by atoms with E-state index in [9.17, 15) is 0 Å². The van der Waals surface area contributed by atoms with Crippen LogP contribution < -0.4 is 0 Å². The Morgan fingerprint density at radius 3 is 2.46 bits per heavy atom. The highest BCUT2D eigenvalue weighted by Crippen LogP contribution is 2.31. The van der Waals surface area contributed by atoms with Crippen LogP contribution in [0.4, 0.5) is 0 Å². The first kappa shape index (κ1) is 12.7. The van der Waals surface area contributed by atoms with E-state index in [1.165, 1.54) is 32.1 Å². The standard InChI is InChI=1S/C11H20.C2H6/c1-4-5-11-8-9(2)6-7-10(11)3;1-2/h9H,4-8H2,1-3H3;1-2H3. The molecule has 0 aliphatic heterocycles. The third-order valence-electron chi connectivity index (χ3n) is 2.76. The van der Waals surface area contributed by atoms with Crippen molar-refractivity contribution in [3.05, 3.63) is 11.1 Å². The molecule has 0 aromatic carbocycles. The van der Waals surface area contributed by atoms with E-state index in [1.807, 2.05) is 13.8 Å². The Morgan fingerprint density at radius 2 is 1.92 bits per heavy atom. The first-order valence-corrected chi connectivity index (χ1v) is 5.91. The van der Waals surface area contributed by atoms with Gasteiger partial charge in [-0.05, 0) is 38.5 Å². The normalized spacial score (nSPS) is 22.4. The molecule has 1 aliphatic rings. The van der Waals surface area contributed by atoms with E-state index < -0.39 is 0 Å². The lowest BCUT2D eigenvalue weighted by Crippen LogP contribution is -2.05. The molecule has 0 saturated heterocycles. The van der Waals surface area contributed by atoms with Crippen molar-refractivity contribution < 1.29 is 0 Å². The van der Waals surface area contributed by atoms with Crippen molar-refractivity contribution in [2.75, 3.05) is 0 Å². The molecule has 0 heterocycles. The van der Waals surface area contributed by atoms with Crippen LogP contribution in [0.5, 0.6) is 0 Å². The summed E-state index contributed by atoms with van der Waals surface area (Å²) < 4.78 is 0. The second-order valence-electron chi connectivity index (χ2n) is 3.98. The number of hydrogen-bond donors (Lipinski definition) is 0. The van der Waals surface area contributed by atoms with Gasteiger partial charge in [0, 0.05) is 0 Å². The lowest BCUT2D eigenvalue weighted by Gasteiger charge is -2.22. The minimum atomic E-state index is 0.945. The Morgan fingerprint density at radius 1 is 1.31 bits per heavy atom. The van der Waals surface area contributed by atoms with Gasteiger partial charge < -0.3 is 0 Å². The summed E-state index contributed by atoms with van der Waals surface area (Å²) in [5.41, 5.74) is 3.44. The highest BCUT2D eigenvalue weighted by molar-refractivity contribution is 5.15. The van der Waals surface area contributed by atoms with Crippen molar-refractivity contribution in [3.63, 3.8) is 0 Å². The van der Waals surface area contributed by atoms with Crippen molar-refractivity contribution in [2.45, 2.75) is 66.7 Å². The Balaban J connectivity index is 0.000000671. The van der Waals surface area contributed by atoms with Crippen molar-refractivity contribution in [1.29, 1.82) is 0 Å². The van der Waals surface area contributed by atoms with E-state index in [4.69, 9.17) is 0 Å². The predicted molar refractivity (Wildman–Crippen MR) is 62.0 cm³/mol. The average molecular weight is 182 g/mol. The molecule has 13 heavy (non-hydrogen) atoms. The largest absolute Gasteiger partial charge is 0.0741 e. The quantitative estimate of drug-likeness (QED) is 0.530. The van der Waals surface area contributed by atoms with E-state index in [0.717, 1.165) is 5.92 Å². The summed E-state index contributed by atoms with van der Waals surface area (Å²) in [5, 5.41) is 0. The highest BCUT2D eigenvalue weighted by Gasteiger charge is 2.13. The second-order valence-corrected chi connectivity index (χ2v) is 3.98. The zero-order valence-electron chi connectivity index (χ0n) is 10.1.